The smallest absolute Gasteiger partial charge is 0.268 e. The van der Waals surface area contributed by atoms with Crippen LogP contribution in [0.4, 0.5) is 10.9 Å². The van der Waals surface area contributed by atoms with Gasteiger partial charge in [-0.25, -0.2) is 4.98 Å². The van der Waals surface area contributed by atoms with Crippen molar-refractivity contribution in [3.63, 3.8) is 0 Å². The van der Waals surface area contributed by atoms with Gasteiger partial charge in [0.2, 0.25) is 0 Å². The summed E-state index contributed by atoms with van der Waals surface area (Å²) in [5, 5.41) is 3.93. The highest BCUT2D eigenvalue weighted by Gasteiger charge is 2.30. The fourth-order valence-corrected chi connectivity index (χ4v) is 3.32. The summed E-state index contributed by atoms with van der Waals surface area (Å²) in [5.41, 5.74) is 5.88. The average Bonchev–Trinajstić information content (AvgIpc) is 3.01. The van der Waals surface area contributed by atoms with Crippen molar-refractivity contribution in [3.8, 4) is 0 Å². The van der Waals surface area contributed by atoms with Gasteiger partial charge in [0.25, 0.3) is 5.91 Å². The maximum atomic E-state index is 12.5. The van der Waals surface area contributed by atoms with Crippen LogP contribution in [0.3, 0.4) is 0 Å². The van der Waals surface area contributed by atoms with Gasteiger partial charge in [-0.15, -0.1) is 0 Å². The van der Waals surface area contributed by atoms with E-state index in [1.165, 1.54) is 11.3 Å². The van der Waals surface area contributed by atoms with Gasteiger partial charge in [-0.2, -0.15) is 0 Å². The van der Waals surface area contributed by atoms with E-state index in [9.17, 15) is 4.79 Å². The third kappa shape index (κ3) is 3.00. The van der Waals surface area contributed by atoms with Crippen molar-refractivity contribution < 1.29 is 4.79 Å². The molecule has 1 aliphatic rings. The quantitative estimate of drug-likeness (QED) is 0.870. The van der Waals surface area contributed by atoms with Crippen molar-refractivity contribution in [2.75, 3.05) is 24.1 Å². The van der Waals surface area contributed by atoms with Gasteiger partial charge in [0, 0.05) is 19.1 Å². The molecule has 0 radical (unpaired) electrons. The molecule has 0 aromatic carbocycles. The van der Waals surface area contributed by atoms with Crippen LogP contribution in [0.2, 0.25) is 0 Å². The zero-order valence-corrected chi connectivity index (χ0v) is 12.4. The summed E-state index contributed by atoms with van der Waals surface area (Å²) in [6.45, 7) is 5.90. The van der Waals surface area contributed by atoms with Crippen molar-refractivity contribution in [2.24, 2.45) is 0 Å². The highest BCUT2D eigenvalue weighted by atomic mass is 32.1. The molecule has 3 N–H and O–H groups in total. The third-order valence-corrected chi connectivity index (χ3v) is 4.50. The van der Waals surface area contributed by atoms with Crippen LogP contribution in [0, 0.1) is 0 Å². The fourth-order valence-electron chi connectivity index (χ4n) is 2.45. The summed E-state index contributed by atoms with van der Waals surface area (Å²) in [5.74, 6) is 0.402. The average molecular weight is 282 g/mol. The van der Waals surface area contributed by atoms with Crippen molar-refractivity contribution in [1.29, 1.82) is 0 Å². The third-order valence-electron chi connectivity index (χ3n) is 3.48. The van der Waals surface area contributed by atoms with Crippen molar-refractivity contribution in [1.82, 2.24) is 9.88 Å². The number of thiazole rings is 1. The lowest BCUT2D eigenvalue weighted by molar-refractivity contribution is 0.0739. The summed E-state index contributed by atoms with van der Waals surface area (Å²) in [6.07, 6.45) is 4.21. The molecule has 1 saturated heterocycles. The van der Waals surface area contributed by atoms with Gasteiger partial charge >= 0.3 is 0 Å². The minimum Gasteiger partial charge on any atom is -0.382 e. The Bertz CT molecular complexity index is 446. The zero-order chi connectivity index (χ0) is 13.8. The number of nitrogens with one attached hydrogen (secondary N) is 1. The Labute approximate surface area is 118 Å². The van der Waals surface area contributed by atoms with E-state index >= 15 is 0 Å². The number of anilines is 2. The van der Waals surface area contributed by atoms with Crippen molar-refractivity contribution in [2.45, 2.75) is 45.6 Å². The highest BCUT2D eigenvalue weighted by molar-refractivity contribution is 7.18. The molecule has 1 amide bonds. The Morgan fingerprint density at radius 1 is 1.58 bits per heavy atom. The number of hydrogen-bond donors (Lipinski definition) is 2. The molecule has 1 fully saturated rings. The highest BCUT2D eigenvalue weighted by Crippen LogP contribution is 2.29. The Balaban J connectivity index is 2.12. The zero-order valence-electron chi connectivity index (χ0n) is 11.6. The maximum Gasteiger partial charge on any atom is 0.268 e. The molecule has 6 heteroatoms. The standard InChI is InChI=1S/C13H22N4OS/c1-3-7-15-13-16-11(14)10(19-13)12(18)17-8-5-6-9(17)4-2/h9H,3-8,14H2,1-2H3,(H,15,16). The Morgan fingerprint density at radius 2 is 2.37 bits per heavy atom. The van der Waals surface area contributed by atoms with Gasteiger partial charge in [0.05, 0.1) is 0 Å². The summed E-state index contributed by atoms with van der Waals surface area (Å²) in [6, 6.07) is 0.362. The van der Waals surface area contributed by atoms with E-state index < -0.39 is 0 Å². The lowest BCUT2D eigenvalue weighted by Crippen LogP contribution is -2.34. The lowest BCUT2D eigenvalue weighted by atomic mass is 10.2. The molecule has 2 heterocycles. The first-order valence-electron chi connectivity index (χ1n) is 6.98. The number of likely N-dealkylation sites (tertiary alicyclic amines) is 1. The fraction of sp³-hybridized carbons (Fsp3) is 0.692. The number of carbonyl (C=O) groups excluding carboxylic acids is 1. The van der Waals surface area contributed by atoms with Crippen LogP contribution in [-0.2, 0) is 0 Å². The molecule has 5 nitrogen and oxygen atoms in total. The van der Waals surface area contributed by atoms with Crippen LogP contribution >= 0.6 is 11.3 Å². The molecule has 1 aromatic rings. The molecule has 1 aliphatic heterocycles. The predicted molar refractivity (Wildman–Crippen MR) is 79.7 cm³/mol. The summed E-state index contributed by atoms with van der Waals surface area (Å²) in [7, 11) is 0. The van der Waals surface area contributed by atoms with Crippen LogP contribution < -0.4 is 11.1 Å². The van der Waals surface area contributed by atoms with Gasteiger partial charge < -0.3 is 16.0 Å². The molecule has 1 atom stereocenters. The SMILES string of the molecule is CCCNc1nc(N)c(C(=O)N2CCCC2CC)s1. The van der Waals surface area contributed by atoms with E-state index in [1.54, 1.807) is 0 Å². The van der Waals surface area contributed by atoms with Crippen LogP contribution in [0.25, 0.3) is 0 Å². The molecule has 19 heavy (non-hydrogen) atoms. The van der Waals surface area contributed by atoms with Crippen LogP contribution in [0.5, 0.6) is 0 Å². The molecule has 1 unspecified atom stereocenters. The molecule has 1 aromatic heterocycles. The topological polar surface area (TPSA) is 71.2 Å². The Hall–Kier alpha value is -1.30. The number of amides is 1. The first-order valence-corrected chi connectivity index (χ1v) is 7.80. The van der Waals surface area contributed by atoms with E-state index in [-0.39, 0.29) is 5.91 Å². The molecule has 0 spiro atoms. The molecular weight excluding hydrogens is 260 g/mol. The second kappa shape index (κ2) is 6.23. The van der Waals surface area contributed by atoms with Crippen LogP contribution in [0.15, 0.2) is 0 Å². The lowest BCUT2D eigenvalue weighted by Gasteiger charge is -2.22. The predicted octanol–water partition coefficient (Wildman–Crippen LogP) is 2.56. The van der Waals surface area contributed by atoms with Crippen molar-refractivity contribution in [3.05, 3.63) is 4.88 Å². The van der Waals surface area contributed by atoms with Gasteiger partial charge in [0.1, 0.15) is 10.7 Å². The molecule has 0 bridgehead atoms. The van der Waals surface area contributed by atoms with Crippen LogP contribution in [0.1, 0.15) is 49.2 Å². The molecule has 0 aliphatic carbocycles. The monoisotopic (exact) mass is 282 g/mol. The van der Waals surface area contributed by atoms with Gasteiger partial charge in [-0.1, -0.05) is 25.2 Å². The minimum absolute atomic E-state index is 0.0453. The normalized spacial score (nSPS) is 18.8. The summed E-state index contributed by atoms with van der Waals surface area (Å²) < 4.78 is 0. The number of hydrogen-bond acceptors (Lipinski definition) is 5. The molecule has 0 saturated carbocycles. The van der Waals surface area contributed by atoms with Gasteiger partial charge in [-0.3, -0.25) is 4.79 Å². The largest absolute Gasteiger partial charge is 0.382 e. The number of carbonyl (C=O) groups is 1. The Kier molecular flexibility index (Phi) is 4.63. The van der Waals surface area contributed by atoms with Gasteiger partial charge in [0.15, 0.2) is 5.13 Å². The number of nitrogen functional groups attached to an aromatic ring is 1. The van der Waals surface area contributed by atoms with E-state index in [0.717, 1.165) is 43.9 Å². The number of nitrogens with zero attached hydrogens (tertiary/aromatic N) is 2. The van der Waals surface area contributed by atoms with E-state index in [4.69, 9.17) is 5.73 Å². The Morgan fingerprint density at radius 3 is 3.05 bits per heavy atom. The number of rotatable bonds is 5. The van der Waals surface area contributed by atoms with E-state index in [0.29, 0.717) is 16.7 Å². The minimum atomic E-state index is 0.0453. The second-order valence-electron chi connectivity index (χ2n) is 4.86. The first-order chi connectivity index (χ1) is 9.17. The van der Waals surface area contributed by atoms with E-state index in [2.05, 4.69) is 24.1 Å². The van der Waals surface area contributed by atoms with Crippen LogP contribution in [-0.4, -0.2) is 34.9 Å². The summed E-state index contributed by atoms with van der Waals surface area (Å²) >= 11 is 1.37. The number of aromatic nitrogens is 1. The maximum absolute atomic E-state index is 12.5. The molecule has 106 valence electrons. The molecular formula is C13H22N4OS. The second-order valence-corrected chi connectivity index (χ2v) is 5.86. The molecule has 2 rings (SSSR count). The van der Waals surface area contributed by atoms with Gasteiger partial charge in [-0.05, 0) is 25.7 Å². The summed E-state index contributed by atoms with van der Waals surface area (Å²) in [4.78, 5) is 19.3. The van der Waals surface area contributed by atoms with E-state index in [1.807, 2.05) is 4.90 Å². The number of nitrogens with two attached hydrogens (primary N) is 1. The first kappa shape index (κ1) is 14.1. The van der Waals surface area contributed by atoms with Crippen molar-refractivity contribution >= 4 is 28.2 Å².